The SMILES string of the molecule is CCc1ccc2c(c1)CC(=O)N2Cc1cccc(C#N)c1. The molecule has 1 amide bonds. The number of nitriles is 1. The summed E-state index contributed by atoms with van der Waals surface area (Å²) in [5.41, 5.74) is 4.97. The standard InChI is InChI=1S/C18H16N2O/c1-2-13-6-7-17-16(9-13)10-18(21)20(17)12-15-5-3-4-14(8-15)11-19/h3-9H,2,10,12H2,1H3. The zero-order valence-corrected chi connectivity index (χ0v) is 12.0. The van der Waals surface area contributed by atoms with Crippen LogP contribution >= 0.6 is 0 Å². The first-order valence-corrected chi connectivity index (χ1v) is 7.12. The van der Waals surface area contributed by atoms with Gasteiger partial charge in [-0.25, -0.2) is 0 Å². The Kier molecular flexibility index (Phi) is 3.45. The third kappa shape index (κ3) is 2.53. The number of nitrogens with zero attached hydrogens (tertiary/aromatic N) is 2. The van der Waals surface area contributed by atoms with Gasteiger partial charge in [-0.1, -0.05) is 31.2 Å². The molecule has 1 aliphatic rings. The average Bonchev–Trinajstić information content (AvgIpc) is 2.82. The Morgan fingerprint density at radius 1 is 1.19 bits per heavy atom. The van der Waals surface area contributed by atoms with E-state index in [1.165, 1.54) is 5.56 Å². The van der Waals surface area contributed by atoms with Gasteiger partial charge in [0.2, 0.25) is 5.91 Å². The molecule has 0 aromatic heterocycles. The van der Waals surface area contributed by atoms with Gasteiger partial charge in [0, 0.05) is 5.69 Å². The molecule has 3 rings (SSSR count). The third-order valence-corrected chi connectivity index (χ3v) is 3.88. The fourth-order valence-electron chi connectivity index (χ4n) is 2.75. The summed E-state index contributed by atoms with van der Waals surface area (Å²) < 4.78 is 0. The second-order valence-corrected chi connectivity index (χ2v) is 5.29. The summed E-state index contributed by atoms with van der Waals surface area (Å²) in [5.74, 6) is 0.126. The summed E-state index contributed by atoms with van der Waals surface area (Å²) in [6.07, 6.45) is 1.45. The van der Waals surface area contributed by atoms with E-state index in [9.17, 15) is 4.79 Å². The lowest BCUT2D eigenvalue weighted by Crippen LogP contribution is -2.25. The van der Waals surface area contributed by atoms with Crippen LogP contribution in [0.25, 0.3) is 0 Å². The summed E-state index contributed by atoms with van der Waals surface area (Å²) in [4.78, 5) is 14.1. The number of aryl methyl sites for hydroxylation is 1. The van der Waals surface area contributed by atoms with Crippen LogP contribution in [0.5, 0.6) is 0 Å². The van der Waals surface area contributed by atoms with Crippen LogP contribution < -0.4 is 4.90 Å². The maximum absolute atomic E-state index is 12.3. The molecule has 0 unspecified atom stereocenters. The first-order chi connectivity index (χ1) is 10.2. The van der Waals surface area contributed by atoms with Gasteiger partial charge in [-0.3, -0.25) is 4.79 Å². The molecule has 104 valence electrons. The molecule has 2 aromatic carbocycles. The lowest BCUT2D eigenvalue weighted by atomic mass is 10.1. The Morgan fingerprint density at radius 3 is 2.81 bits per heavy atom. The molecule has 2 aromatic rings. The van der Waals surface area contributed by atoms with E-state index in [1.807, 2.05) is 29.2 Å². The maximum Gasteiger partial charge on any atom is 0.231 e. The van der Waals surface area contributed by atoms with Gasteiger partial charge in [0.25, 0.3) is 0 Å². The average molecular weight is 276 g/mol. The van der Waals surface area contributed by atoms with Gasteiger partial charge in [0.15, 0.2) is 0 Å². The van der Waals surface area contributed by atoms with Crippen LogP contribution in [0.3, 0.4) is 0 Å². The van der Waals surface area contributed by atoms with E-state index in [0.717, 1.165) is 23.2 Å². The Bertz CT molecular complexity index is 743. The number of carbonyl (C=O) groups is 1. The molecule has 0 atom stereocenters. The maximum atomic E-state index is 12.3. The van der Waals surface area contributed by atoms with Crippen LogP contribution in [0.15, 0.2) is 42.5 Å². The van der Waals surface area contributed by atoms with E-state index < -0.39 is 0 Å². The molecule has 0 saturated heterocycles. The summed E-state index contributed by atoms with van der Waals surface area (Å²) in [5, 5.41) is 8.96. The van der Waals surface area contributed by atoms with Crippen molar-refractivity contribution in [1.82, 2.24) is 0 Å². The zero-order chi connectivity index (χ0) is 14.8. The third-order valence-electron chi connectivity index (χ3n) is 3.88. The van der Waals surface area contributed by atoms with E-state index in [1.54, 1.807) is 6.07 Å². The van der Waals surface area contributed by atoms with Crippen LogP contribution in [0, 0.1) is 11.3 Å². The molecule has 1 heterocycles. The smallest absolute Gasteiger partial charge is 0.231 e. The Morgan fingerprint density at radius 2 is 2.05 bits per heavy atom. The van der Waals surface area contributed by atoms with Crippen LogP contribution in [-0.4, -0.2) is 5.91 Å². The number of hydrogen-bond acceptors (Lipinski definition) is 2. The number of fused-ring (bicyclic) bond motifs is 1. The molecule has 0 radical (unpaired) electrons. The van der Waals surface area contributed by atoms with Crippen molar-refractivity contribution in [2.45, 2.75) is 26.3 Å². The van der Waals surface area contributed by atoms with Gasteiger partial charge in [-0.15, -0.1) is 0 Å². The largest absolute Gasteiger partial charge is 0.307 e. The van der Waals surface area contributed by atoms with Crippen molar-refractivity contribution in [2.75, 3.05) is 4.90 Å². The minimum Gasteiger partial charge on any atom is -0.307 e. The van der Waals surface area contributed by atoms with Crippen molar-refractivity contribution < 1.29 is 4.79 Å². The van der Waals surface area contributed by atoms with Gasteiger partial charge < -0.3 is 4.90 Å². The van der Waals surface area contributed by atoms with Gasteiger partial charge in [0.05, 0.1) is 24.6 Å². The minimum atomic E-state index is 0.126. The topological polar surface area (TPSA) is 44.1 Å². The molecule has 0 spiro atoms. The molecule has 0 bridgehead atoms. The first kappa shape index (κ1) is 13.4. The normalized spacial score (nSPS) is 13.1. The monoisotopic (exact) mass is 276 g/mol. The highest BCUT2D eigenvalue weighted by molar-refractivity contribution is 6.01. The molecule has 3 heteroatoms. The van der Waals surface area contributed by atoms with Crippen molar-refractivity contribution >= 4 is 11.6 Å². The lowest BCUT2D eigenvalue weighted by molar-refractivity contribution is -0.117. The Labute approximate surface area is 124 Å². The highest BCUT2D eigenvalue weighted by Gasteiger charge is 2.27. The Hall–Kier alpha value is -2.60. The van der Waals surface area contributed by atoms with Crippen LogP contribution in [-0.2, 0) is 24.2 Å². The summed E-state index contributed by atoms with van der Waals surface area (Å²) in [7, 11) is 0. The van der Waals surface area contributed by atoms with Crippen molar-refractivity contribution in [3.05, 3.63) is 64.7 Å². The van der Waals surface area contributed by atoms with E-state index in [2.05, 4.69) is 25.1 Å². The zero-order valence-electron chi connectivity index (χ0n) is 12.0. The second kappa shape index (κ2) is 5.41. The fraction of sp³-hybridized carbons (Fsp3) is 0.222. The number of amides is 1. The lowest BCUT2D eigenvalue weighted by Gasteiger charge is -2.18. The molecular formula is C18H16N2O. The van der Waals surface area contributed by atoms with Crippen LogP contribution in [0.4, 0.5) is 5.69 Å². The summed E-state index contributed by atoms with van der Waals surface area (Å²) in [6, 6.07) is 15.8. The molecule has 3 nitrogen and oxygen atoms in total. The number of hydrogen-bond donors (Lipinski definition) is 0. The number of benzene rings is 2. The highest BCUT2D eigenvalue weighted by atomic mass is 16.2. The number of rotatable bonds is 3. The second-order valence-electron chi connectivity index (χ2n) is 5.29. The minimum absolute atomic E-state index is 0.126. The number of anilines is 1. The predicted molar refractivity (Wildman–Crippen MR) is 81.9 cm³/mol. The van der Waals surface area contributed by atoms with Gasteiger partial charge >= 0.3 is 0 Å². The van der Waals surface area contributed by atoms with Crippen LogP contribution in [0.2, 0.25) is 0 Å². The molecule has 1 aliphatic heterocycles. The van der Waals surface area contributed by atoms with Crippen LogP contribution in [0.1, 0.15) is 29.2 Å². The predicted octanol–water partition coefficient (Wildman–Crippen LogP) is 3.21. The molecule has 21 heavy (non-hydrogen) atoms. The van der Waals surface area contributed by atoms with E-state index >= 15 is 0 Å². The van der Waals surface area contributed by atoms with E-state index in [0.29, 0.717) is 18.5 Å². The van der Waals surface area contributed by atoms with Gasteiger partial charge in [0.1, 0.15) is 0 Å². The quantitative estimate of drug-likeness (QED) is 0.864. The van der Waals surface area contributed by atoms with Gasteiger partial charge in [-0.05, 0) is 41.3 Å². The van der Waals surface area contributed by atoms with Crippen molar-refractivity contribution in [1.29, 1.82) is 5.26 Å². The summed E-state index contributed by atoms with van der Waals surface area (Å²) >= 11 is 0. The highest BCUT2D eigenvalue weighted by Crippen LogP contribution is 2.31. The molecular weight excluding hydrogens is 260 g/mol. The van der Waals surface area contributed by atoms with E-state index in [-0.39, 0.29) is 5.91 Å². The molecule has 0 fully saturated rings. The van der Waals surface area contributed by atoms with Gasteiger partial charge in [-0.2, -0.15) is 5.26 Å². The fourth-order valence-corrected chi connectivity index (χ4v) is 2.75. The molecule has 0 aliphatic carbocycles. The Balaban J connectivity index is 1.90. The van der Waals surface area contributed by atoms with E-state index in [4.69, 9.17) is 5.26 Å². The first-order valence-electron chi connectivity index (χ1n) is 7.12. The van der Waals surface area contributed by atoms with Crippen molar-refractivity contribution in [3.63, 3.8) is 0 Å². The van der Waals surface area contributed by atoms with Crippen molar-refractivity contribution in [3.8, 4) is 6.07 Å². The number of carbonyl (C=O) groups excluding carboxylic acids is 1. The summed E-state index contributed by atoms with van der Waals surface area (Å²) in [6.45, 7) is 2.64. The molecule has 0 N–H and O–H groups in total. The molecule has 0 saturated carbocycles. The van der Waals surface area contributed by atoms with Crippen molar-refractivity contribution in [2.24, 2.45) is 0 Å².